The van der Waals surface area contributed by atoms with E-state index in [0.29, 0.717) is 10.7 Å². The van der Waals surface area contributed by atoms with E-state index >= 15 is 0 Å². The van der Waals surface area contributed by atoms with Gasteiger partial charge < -0.3 is 20.4 Å². The van der Waals surface area contributed by atoms with Gasteiger partial charge in [0, 0.05) is 5.69 Å². The predicted molar refractivity (Wildman–Crippen MR) is 106 cm³/mol. The van der Waals surface area contributed by atoms with E-state index < -0.39 is 29.4 Å². The Morgan fingerprint density at radius 2 is 1.82 bits per heavy atom. The number of aromatic amines is 1. The first-order valence-electron chi connectivity index (χ1n) is 8.31. The summed E-state index contributed by atoms with van der Waals surface area (Å²) in [6.07, 6.45) is 1.21. The van der Waals surface area contributed by atoms with Crippen LogP contribution in [0.2, 0.25) is 10.0 Å². The number of nitrogens with one attached hydrogen (secondary N) is 3. The predicted octanol–water partition coefficient (Wildman–Crippen LogP) is 3.43. The Morgan fingerprint density at radius 1 is 1.14 bits per heavy atom. The molecule has 0 bridgehead atoms. The third-order valence-electron chi connectivity index (χ3n) is 3.37. The molecule has 0 saturated carbocycles. The first-order chi connectivity index (χ1) is 13.0. The lowest BCUT2D eigenvalue weighted by Crippen LogP contribution is -2.42. The number of ether oxygens (including phenoxy) is 1. The van der Waals surface area contributed by atoms with E-state index in [1.54, 1.807) is 26.8 Å². The van der Waals surface area contributed by atoms with Crippen molar-refractivity contribution in [2.75, 3.05) is 5.32 Å². The van der Waals surface area contributed by atoms with Crippen molar-refractivity contribution in [1.82, 2.24) is 15.3 Å². The van der Waals surface area contributed by atoms with E-state index in [1.165, 1.54) is 25.4 Å². The van der Waals surface area contributed by atoms with Crippen molar-refractivity contribution in [2.45, 2.75) is 39.3 Å². The molecule has 0 fully saturated rings. The quantitative estimate of drug-likeness (QED) is 0.633. The summed E-state index contributed by atoms with van der Waals surface area (Å²) in [6, 6.07) is 3.64. The number of benzene rings is 1. The van der Waals surface area contributed by atoms with Crippen molar-refractivity contribution in [1.29, 1.82) is 0 Å². The zero-order valence-electron chi connectivity index (χ0n) is 15.7. The Balaban J connectivity index is 2.09. The second-order valence-corrected chi connectivity index (χ2v) is 7.75. The van der Waals surface area contributed by atoms with E-state index in [2.05, 4.69) is 20.6 Å². The van der Waals surface area contributed by atoms with Crippen LogP contribution in [-0.4, -0.2) is 39.4 Å². The Bertz CT molecular complexity index is 905. The number of anilines is 1. The highest BCUT2D eigenvalue weighted by Gasteiger charge is 2.26. The third-order valence-corrected chi connectivity index (χ3v) is 4.11. The van der Waals surface area contributed by atoms with Crippen molar-refractivity contribution in [2.24, 2.45) is 0 Å². The lowest BCUT2D eigenvalue weighted by molar-refractivity contribution is -0.156. The number of carbonyl (C=O) groups excluding carboxylic acids is 3. The van der Waals surface area contributed by atoms with Crippen LogP contribution in [0.3, 0.4) is 0 Å². The van der Waals surface area contributed by atoms with Gasteiger partial charge in [-0.2, -0.15) is 0 Å². The van der Waals surface area contributed by atoms with Crippen LogP contribution in [0.1, 0.15) is 48.7 Å². The Hall–Kier alpha value is -2.58. The molecule has 0 radical (unpaired) electrons. The fourth-order valence-corrected chi connectivity index (χ4v) is 2.42. The number of hydrogen-bond donors (Lipinski definition) is 3. The normalized spacial score (nSPS) is 12.2. The summed E-state index contributed by atoms with van der Waals surface area (Å²) >= 11 is 11.8. The standard InChI is InChI=1S/C18H20Cl2N4O4/c1-9(17(27)28-18(2,3)4)23-15(25)13-14(22-8-21-13)16(26)24-10-5-6-11(19)12(20)7-10/h5-9H,1-4H3,(H,21,22)(H,23,25)(H,24,26)/t9-/m1/s1. The van der Waals surface area contributed by atoms with Crippen molar-refractivity contribution in [3.63, 3.8) is 0 Å². The molecule has 0 spiro atoms. The van der Waals surface area contributed by atoms with E-state index in [-0.39, 0.29) is 16.4 Å². The van der Waals surface area contributed by atoms with Gasteiger partial charge in [0.05, 0.1) is 16.4 Å². The van der Waals surface area contributed by atoms with E-state index in [9.17, 15) is 14.4 Å². The van der Waals surface area contributed by atoms with Crippen LogP contribution in [0, 0.1) is 0 Å². The van der Waals surface area contributed by atoms with Gasteiger partial charge in [0.2, 0.25) is 0 Å². The number of amides is 2. The molecule has 1 aromatic carbocycles. The lowest BCUT2D eigenvalue weighted by atomic mass is 10.2. The minimum absolute atomic E-state index is 0.0898. The number of H-pyrrole nitrogens is 1. The lowest BCUT2D eigenvalue weighted by Gasteiger charge is -2.22. The number of imidazole rings is 1. The molecular formula is C18H20Cl2N4O4. The molecule has 1 aromatic heterocycles. The molecule has 0 saturated heterocycles. The molecule has 0 unspecified atom stereocenters. The van der Waals surface area contributed by atoms with Crippen LogP contribution < -0.4 is 10.6 Å². The summed E-state index contributed by atoms with van der Waals surface area (Å²) in [5.41, 5.74) is -0.529. The first kappa shape index (κ1) is 21.7. The van der Waals surface area contributed by atoms with Crippen LogP contribution in [0.15, 0.2) is 24.5 Å². The van der Waals surface area contributed by atoms with Crippen molar-refractivity contribution >= 4 is 46.7 Å². The maximum atomic E-state index is 12.5. The molecule has 0 aliphatic rings. The summed E-state index contributed by atoms with van der Waals surface area (Å²) < 4.78 is 5.21. The number of aromatic nitrogens is 2. The second kappa shape index (κ2) is 8.62. The molecule has 10 heteroatoms. The summed E-state index contributed by atoms with van der Waals surface area (Å²) in [5, 5.41) is 5.67. The highest BCUT2D eigenvalue weighted by Crippen LogP contribution is 2.25. The average Bonchev–Trinajstić information content (AvgIpc) is 3.06. The van der Waals surface area contributed by atoms with Crippen LogP contribution in [0.4, 0.5) is 5.69 Å². The van der Waals surface area contributed by atoms with Crippen molar-refractivity contribution < 1.29 is 19.1 Å². The van der Waals surface area contributed by atoms with Gasteiger partial charge in [-0.15, -0.1) is 0 Å². The molecule has 2 rings (SSSR count). The number of rotatable bonds is 5. The molecule has 8 nitrogen and oxygen atoms in total. The van der Waals surface area contributed by atoms with Gasteiger partial charge in [-0.3, -0.25) is 9.59 Å². The largest absolute Gasteiger partial charge is 0.458 e. The molecule has 150 valence electrons. The van der Waals surface area contributed by atoms with Gasteiger partial charge in [-0.1, -0.05) is 23.2 Å². The van der Waals surface area contributed by atoms with Crippen LogP contribution in [0.5, 0.6) is 0 Å². The van der Waals surface area contributed by atoms with Gasteiger partial charge in [-0.25, -0.2) is 9.78 Å². The molecule has 2 aromatic rings. The zero-order valence-corrected chi connectivity index (χ0v) is 17.2. The molecule has 2 amide bonds. The van der Waals surface area contributed by atoms with Crippen molar-refractivity contribution in [3.05, 3.63) is 46.0 Å². The fourth-order valence-electron chi connectivity index (χ4n) is 2.12. The first-order valence-corrected chi connectivity index (χ1v) is 9.07. The van der Waals surface area contributed by atoms with E-state index in [4.69, 9.17) is 27.9 Å². The van der Waals surface area contributed by atoms with Gasteiger partial charge in [-0.05, 0) is 45.9 Å². The fraction of sp³-hybridized carbons (Fsp3) is 0.333. The smallest absolute Gasteiger partial charge is 0.328 e. The zero-order chi connectivity index (χ0) is 21.1. The van der Waals surface area contributed by atoms with Gasteiger partial charge in [0.25, 0.3) is 11.8 Å². The maximum absolute atomic E-state index is 12.5. The highest BCUT2D eigenvalue weighted by molar-refractivity contribution is 6.42. The molecule has 1 atom stereocenters. The minimum atomic E-state index is -0.916. The molecule has 0 aliphatic heterocycles. The number of esters is 1. The number of halogens is 2. The van der Waals surface area contributed by atoms with Gasteiger partial charge in [0.15, 0.2) is 5.69 Å². The number of hydrogen-bond acceptors (Lipinski definition) is 5. The van der Waals surface area contributed by atoms with Crippen LogP contribution in [0.25, 0.3) is 0 Å². The molecule has 1 heterocycles. The van der Waals surface area contributed by atoms with E-state index in [0.717, 1.165) is 0 Å². The summed E-state index contributed by atoms with van der Waals surface area (Å²) in [4.78, 5) is 43.4. The SMILES string of the molecule is C[C@@H](NC(=O)c1[nH]cnc1C(=O)Nc1ccc(Cl)c(Cl)c1)C(=O)OC(C)(C)C. The van der Waals surface area contributed by atoms with E-state index in [1.807, 2.05) is 0 Å². The third kappa shape index (κ3) is 5.71. The Kier molecular flexibility index (Phi) is 6.69. The maximum Gasteiger partial charge on any atom is 0.328 e. The molecular weight excluding hydrogens is 407 g/mol. The minimum Gasteiger partial charge on any atom is -0.458 e. The number of nitrogens with zero attached hydrogens (tertiary/aromatic N) is 1. The average molecular weight is 427 g/mol. The second-order valence-electron chi connectivity index (χ2n) is 6.94. The Morgan fingerprint density at radius 3 is 2.43 bits per heavy atom. The summed E-state index contributed by atoms with van der Waals surface area (Å²) in [5.74, 6) is -1.90. The van der Waals surface area contributed by atoms with Gasteiger partial charge >= 0.3 is 5.97 Å². The topological polar surface area (TPSA) is 113 Å². The molecule has 28 heavy (non-hydrogen) atoms. The number of carbonyl (C=O) groups is 3. The van der Waals surface area contributed by atoms with Crippen LogP contribution in [-0.2, 0) is 9.53 Å². The monoisotopic (exact) mass is 426 g/mol. The molecule has 3 N–H and O–H groups in total. The Labute approximate surface area is 172 Å². The summed E-state index contributed by atoms with van der Waals surface area (Å²) in [6.45, 7) is 6.65. The van der Waals surface area contributed by atoms with Crippen molar-refractivity contribution in [3.8, 4) is 0 Å². The molecule has 0 aliphatic carbocycles. The van der Waals surface area contributed by atoms with Gasteiger partial charge in [0.1, 0.15) is 17.3 Å². The van der Waals surface area contributed by atoms with Crippen LogP contribution >= 0.6 is 23.2 Å². The highest BCUT2D eigenvalue weighted by atomic mass is 35.5. The summed E-state index contributed by atoms with van der Waals surface area (Å²) in [7, 11) is 0.